The van der Waals surface area contributed by atoms with Crippen molar-refractivity contribution >= 4 is 28.9 Å². The molecule has 0 bridgehead atoms. The number of carboxylic acid groups (broad SMARTS) is 1. The summed E-state index contributed by atoms with van der Waals surface area (Å²) in [5.41, 5.74) is 0.947. The van der Waals surface area contributed by atoms with Gasteiger partial charge in [0.15, 0.2) is 5.82 Å². The van der Waals surface area contributed by atoms with Crippen LogP contribution in [0.25, 0.3) is 11.0 Å². The maximum Gasteiger partial charge on any atom is 0.407 e. The Morgan fingerprint density at radius 1 is 1.11 bits per heavy atom. The summed E-state index contributed by atoms with van der Waals surface area (Å²) in [4.78, 5) is 51.2. The van der Waals surface area contributed by atoms with Crippen molar-refractivity contribution < 1.29 is 28.6 Å². The zero-order valence-electron chi connectivity index (χ0n) is 27.1. The Labute approximate surface area is 263 Å². The minimum atomic E-state index is -1.10. The van der Waals surface area contributed by atoms with Gasteiger partial charge in [-0.3, -0.25) is 9.59 Å². The van der Waals surface area contributed by atoms with E-state index < -0.39 is 29.5 Å². The Hall–Kier alpha value is -4.00. The number of benzene rings is 1. The number of aromatic nitrogens is 4. The highest BCUT2D eigenvalue weighted by Crippen LogP contribution is 2.38. The standard InChI is InChI=1S/C32H45N7O6/c1-20(2)18-38(30(41)28-33-23-9-7-8-10-24(23)37(28)12-11-26-35-34-21(3)45-26)25-17-22(29(40)36-13-15-44-16-14-36)19-39(31(42)43)27(25)32(4,5)6/h7-10,20,22,25,27H,11-19H2,1-6H3,(H,42,43)/t22-,25+,27?/m1/s1. The van der Waals surface area contributed by atoms with Gasteiger partial charge in [-0.1, -0.05) is 46.8 Å². The first kappa shape index (κ1) is 32.4. The fourth-order valence-corrected chi connectivity index (χ4v) is 6.82. The van der Waals surface area contributed by atoms with E-state index in [0.29, 0.717) is 69.5 Å². The van der Waals surface area contributed by atoms with Crippen LogP contribution in [0.15, 0.2) is 28.7 Å². The molecule has 4 heterocycles. The normalized spacial score (nSPS) is 21.0. The van der Waals surface area contributed by atoms with Crippen LogP contribution in [0.4, 0.5) is 4.79 Å². The molecule has 3 atom stereocenters. The van der Waals surface area contributed by atoms with Gasteiger partial charge >= 0.3 is 6.09 Å². The number of carbonyl (C=O) groups excluding carboxylic acids is 2. The molecule has 2 aliphatic rings. The number of likely N-dealkylation sites (tertiary alicyclic amines) is 1. The van der Waals surface area contributed by atoms with Gasteiger partial charge in [-0.25, -0.2) is 9.78 Å². The average Bonchev–Trinajstić information content (AvgIpc) is 3.60. The first-order chi connectivity index (χ1) is 21.3. The van der Waals surface area contributed by atoms with Gasteiger partial charge in [0.2, 0.25) is 17.7 Å². The number of morpholine rings is 1. The van der Waals surface area contributed by atoms with E-state index in [2.05, 4.69) is 10.2 Å². The largest absolute Gasteiger partial charge is 0.465 e. The molecule has 2 saturated heterocycles. The smallest absolute Gasteiger partial charge is 0.407 e. The van der Waals surface area contributed by atoms with Crippen LogP contribution in [0.5, 0.6) is 0 Å². The molecule has 1 unspecified atom stereocenters. The molecule has 1 N–H and O–H groups in total. The molecule has 2 fully saturated rings. The minimum absolute atomic E-state index is 0.0716. The maximum absolute atomic E-state index is 14.8. The van der Waals surface area contributed by atoms with Crippen LogP contribution in [0.3, 0.4) is 0 Å². The van der Waals surface area contributed by atoms with Gasteiger partial charge in [0.05, 0.1) is 42.2 Å². The molecule has 2 aromatic heterocycles. The lowest BCUT2D eigenvalue weighted by Gasteiger charge is -2.52. The Morgan fingerprint density at radius 2 is 1.82 bits per heavy atom. The maximum atomic E-state index is 14.8. The molecule has 0 spiro atoms. The van der Waals surface area contributed by atoms with Gasteiger partial charge in [-0.2, -0.15) is 0 Å². The van der Waals surface area contributed by atoms with E-state index in [1.165, 1.54) is 4.90 Å². The lowest BCUT2D eigenvalue weighted by Crippen LogP contribution is -2.66. The molecule has 0 radical (unpaired) electrons. The van der Waals surface area contributed by atoms with Crippen molar-refractivity contribution in [2.45, 2.75) is 73.0 Å². The van der Waals surface area contributed by atoms with Crippen molar-refractivity contribution in [3.05, 3.63) is 41.9 Å². The number of aryl methyl sites for hydroxylation is 3. The second-order valence-electron chi connectivity index (χ2n) is 13.6. The third-order valence-corrected chi connectivity index (χ3v) is 8.63. The summed E-state index contributed by atoms with van der Waals surface area (Å²) in [6.45, 7) is 14.4. The van der Waals surface area contributed by atoms with E-state index in [1.54, 1.807) is 16.7 Å². The summed E-state index contributed by atoms with van der Waals surface area (Å²) in [5, 5.41) is 18.5. The Balaban J connectivity index is 1.56. The van der Waals surface area contributed by atoms with Gasteiger partial charge in [0, 0.05) is 46.1 Å². The highest BCUT2D eigenvalue weighted by atomic mass is 16.5. The molecule has 3 aromatic rings. The number of amides is 3. The second kappa shape index (κ2) is 13.2. The first-order valence-corrected chi connectivity index (χ1v) is 15.8. The van der Waals surface area contributed by atoms with E-state index in [9.17, 15) is 19.5 Å². The molecule has 2 aliphatic heterocycles. The molecule has 0 saturated carbocycles. The predicted molar refractivity (Wildman–Crippen MR) is 166 cm³/mol. The van der Waals surface area contributed by atoms with Crippen LogP contribution in [0.1, 0.15) is 63.4 Å². The molecule has 5 rings (SSSR count). The van der Waals surface area contributed by atoms with Crippen molar-refractivity contribution in [2.75, 3.05) is 39.4 Å². The molecule has 3 amide bonds. The van der Waals surface area contributed by atoms with Crippen LogP contribution in [0, 0.1) is 24.2 Å². The number of para-hydroxylation sites is 2. The van der Waals surface area contributed by atoms with E-state index in [-0.39, 0.29) is 30.1 Å². The predicted octanol–water partition coefficient (Wildman–Crippen LogP) is 3.71. The van der Waals surface area contributed by atoms with E-state index in [1.807, 2.05) is 63.5 Å². The lowest BCUT2D eigenvalue weighted by atomic mass is 9.74. The fourth-order valence-electron chi connectivity index (χ4n) is 6.82. The van der Waals surface area contributed by atoms with E-state index >= 15 is 0 Å². The third kappa shape index (κ3) is 6.98. The number of carbonyl (C=O) groups is 3. The third-order valence-electron chi connectivity index (χ3n) is 8.63. The molecule has 13 heteroatoms. The number of hydrogen-bond donors (Lipinski definition) is 1. The molecular weight excluding hydrogens is 578 g/mol. The van der Waals surface area contributed by atoms with Crippen LogP contribution >= 0.6 is 0 Å². The van der Waals surface area contributed by atoms with Crippen LogP contribution in [0.2, 0.25) is 0 Å². The van der Waals surface area contributed by atoms with Crippen molar-refractivity contribution in [3.63, 3.8) is 0 Å². The number of ether oxygens (including phenoxy) is 1. The minimum Gasteiger partial charge on any atom is -0.465 e. The topological polar surface area (TPSA) is 147 Å². The molecule has 13 nitrogen and oxygen atoms in total. The summed E-state index contributed by atoms with van der Waals surface area (Å²) >= 11 is 0. The quantitative estimate of drug-likeness (QED) is 0.397. The van der Waals surface area contributed by atoms with Crippen molar-refractivity contribution in [1.82, 2.24) is 34.4 Å². The van der Waals surface area contributed by atoms with Gasteiger partial charge in [0.1, 0.15) is 0 Å². The van der Waals surface area contributed by atoms with Gasteiger partial charge in [-0.05, 0) is 29.9 Å². The summed E-state index contributed by atoms with van der Waals surface area (Å²) in [7, 11) is 0. The van der Waals surface area contributed by atoms with Gasteiger partial charge < -0.3 is 33.5 Å². The number of rotatable bonds is 8. The zero-order chi connectivity index (χ0) is 32.5. The SMILES string of the molecule is Cc1nnc(CCn2c(C(=O)N(CC(C)C)[C@H]3C[C@@H](C(=O)N4CCOCC4)CN(C(=O)O)C3C(C)(C)C)nc3ccccc32)o1. The number of hydrogen-bond acceptors (Lipinski definition) is 8. The van der Waals surface area contributed by atoms with Crippen LogP contribution in [-0.2, 0) is 22.5 Å². The molecule has 1 aromatic carbocycles. The lowest BCUT2D eigenvalue weighted by molar-refractivity contribution is -0.144. The Morgan fingerprint density at radius 3 is 2.44 bits per heavy atom. The monoisotopic (exact) mass is 623 g/mol. The second-order valence-corrected chi connectivity index (χ2v) is 13.6. The number of fused-ring (bicyclic) bond motifs is 1. The zero-order valence-corrected chi connectivity index (χ0v) is 27.1. The van der Waals surface area contributed by atoms with Crippen LogP contribution < -0.4 is 0 Å². The summed E-state index contributed by atoms with van der Waals surface area (Å²) < 4.78 is 12.9. The molecular formula is C32H45N7O6. The fraction of sp³-hybridized carbons (Fsp3) is 0.625. The summed E-state index contributed by atoms with van der Waals surface area (Å²) in [6.07, 6.45) is -0.344. The molecule has 244 valence electrons. The average molecular weight is 624 g/mol. The highest BCUT2D eigenvalue weighted by molar-refractivity contribution is 5.95. The molecule has 0 aliphatic carbocycles. The molecule has 45 heavy (non-hydrogen) atoms. The number of imidazole rings is 1. The summed E-state index contributed by atoms with van der Waals surface area (Å²) in [6, 6.07) is 6.46. The summed E-state index contributed by atoms with van der Waals surface area (Å²) in [5.74, 6) is 0.266. The van der Waals surface area contributed by atoms with Crippen molar-refractivity contribution in [2.24, 2.45) is 17.3 Å². The van der Waals surface area contributed by atoms with Gasteiger partial charge in [0.25, 0.3) is 5.91 Å². The number of piperidine rings is 1. The van der Waals surface area contributed by atoms with E-state index in [4.69, 9.17) is 14.1 Å². The van der Waals surface area contributed by atoms with Crippen molar-refractivity contribution in [3.8, 4) is 0 Å². The Kier molecular flexibility index (Phi) is 9.47. The van der Waals surface area contributed by atoms with Crippen LogP contribution in [-0.4, -0.2) is 109 Å². The van der Waals surface area contributed by atoms with E-state index in [0.717, 1.165) is 5.52 Å². The first-order valence-electron chi connectivity index (χ1n) is 15.8. The van der Waals surface area contributed by atoms with Gasteiger partial charge in [-0.15, -0.1) is 10.2 Å². The number of nitrogens with zero attached hydrogens (tertiary/aromatic N) is 7. The Bertz CT molecular complexity index is 1520. The highest BCUT2D eigenvalue weighted by Gasteiger charge is 2.50. The van der Waals surface area contributed by atoms with Crippen molar-refractivity contribution in [1.29, 1.82) is 0 Å².